The molecule has 50 heavy (non-hydrogen) atoms. The summed E-state index contributed by atoms with van der Waals surface area (Å²) in [6, 6.07) is 15.8. The first-order chi connectivity index (χ1) is 24.4. The third kappa shape index (κ3) is 5.99. The van der Waals surface area contributed by atoms with Gasteiger partial charge in [-0.3, -0.25) is 0 Å². The summed E-state index contributed by atoms with van der Waals surface area (Å²) < 4.78 is 0. The molecule has 0 amide bonds. The third-order valence-electron chi connectivity index (χ3n) is 11.2. The lowest BCUT2D eigenvalue weighted by Gasteiger charge is -2.12. The zero-order valence-corrected chi connectivity index (χ0v) is 32.2. The Bertz CT molecular complexity index is 2120. The van der Waals surface area contributed by atoms with E-state index < -0.39 is 0 Å². The lowest BCUT2D eigenvalue weighted by molar-refractivity contribution is 0.786. The maximum absolute atomic E-state index is 5.81. The maximum Gasteiger partial charge on any atom is 0.0771 e. The predicted octanol–water partition coefficient (Wildman–Crippen LogP) is 13.0. The number of nitrogens with one attached hydrogen (secondary N) is 2. The third-order valence-corrected chi connectivity index (χ3v) is 11.2. The highest BCUT2D eigenvalue weighted by molar-refractivity contribution is 6.03. The highest BCUT2D eigenvalue weighted by Gasteiger charge is 2.29. The molecule has 0 saturated carbocycles. The van der Waals surface area contributed by atoms with Gasteiger partial charge in [0.15, 0.2) is 0 Å². The first-order valence-electron chi connectivity index (χ1n) is 19.8. The first-order valence-corrected chi connectivity index (χ1v) is 19.8. The van der Waals surface area contributed by atoms with E-state index in [-0.39, 0.29) is 0 Å². The van der Waals surface area contributed by atoms with Crippen molar-refractivity contribution in [1.82, 2.24) is 19.9 Å². The van der Waals surface area contributed by atoms with Crippen molar-refractivity contribution in [2.24, 2.45) is 0 Å². The standard InChI is InChI=1S/C46H58N4/c1-10-19-25-37-43-33(15-6)31(13-4)40(48-43)26-38-29(11-2)30(12-3)39(47-38)27-41-32(14-5)34(16-7)45(49-41)42(28-23-21-20-22-24-28)46-36(18-9)35(17-8)44(37)50-46/h20-24,26-27,47,49H,10-19,25H2,1-9H3. The number of nitrogens with zero attached hydrogens (tertiary/aromatic N) is 2. The minimum Gasteiger partial charge on any atom is -0.355 e. The number of fused-ring (bicyclic) bond motifs is 8. The smallest absolute Gasteiger partial charge is 0.0771 e. The van der Waals surface area contributed by atoms with Crippen molar-refractivity contribution in [2.75, 3.05) is 0 Å². The van der Waals surface area contributed by atoms with Gasteiger partial charge in [0.1, 0.15) is 0 Å². The van der Waals surface area contributed by atoms with Gasteiger partial charge in [0.25, 0.3) is 0 Å². The van der Waals surface area contributed by atoms with E-state index in [0.717, 1.165) is 82.0 Å². The maximum atomic E-state index is 5.81. The van der Waals surface area contributed by atoms with Crippen LogP contribution in [0.5, 0.6) is 0 Å². The summed E-state index contributed by atoms with van der Waals surface area (Å²) in [7, 11) is 0. The molecule has 2 aliphatic heterocycles. The fraction of sp³-hybridized carbons (Fsp3) is 0.435. The average Bonchev–Trinajstić information content (AvgIpc) is 3.88. The number of hydrogen-bond donors (Lipinski definition) is 2. The Morgan fingerprint density at radius 1 is 0.480 bits per heavy atom. The molecule has 6 rings (SSSR count). The molecule has 2 aliphatic rings. The molecule has 4 aromatic rings. The van der Waals surface area contributed by atoms with Gasteiger partial charge in [0, 0.05) is 27.7 Å². The van der Waals surface area contributed by atoms with Crippen LogP contribution < -0.4 is 0 Å². The highest BCUT2D eigenvalue weighted by atomic mass is 14.8. The summed E-state index contributed by atoms with van der Waals surface area (Å²) in [6.45, 7) is 20.7. The Balaban J connectivity index is 1.98. The Morgan fingerprint density at radius 3 is 1.58 bits per heavy atom. The van der Waals surface area contributed by atoms with Crippen LogP contribution in [0.4, 0.5) is 0 Å². The van der Waals surface area contributed by atoms with Gasteiger partial charge in [-0.1, -0.05) is 99.1 Å². The number of aromatic nitrogens is 4. The lowest BCUT2D eigenvalue weighted by atomic mass is 9.90. The van der Waals surface area contributed by atoms with Crippen LogP contribution in [-0.4, -0.2) is 19.9 Å². The zero-order chi connectivity index (χ0) is 35.5. The number of aromatic amines is 2. The second-order valence-corrected chi connectivity index (χ2v) is 13.8. The van der Waals surface area contributed by atoms with Gasteiger partial charge in [-0.15, -0.1) is 0 Å². The van der Waals surface area contributed by atoms with Crippen molar-refractivity contribution in [3.05, 3.63) is 93.1 Å². The van der Waals surface area contributed by atoms with Crippen LogP contribution in [0.2, 0.25) is 0 Å². The van der Waals surface area contributed by atoms with E-state index in [0.29, 0.717) is 0 Å². The minimum atomic E-state index is 0.934. The van der Waals surface area contributed by atoms with Gasteiger partial charge in [-0.25, -0.2) is 9.97 Å². The quantitative estimate of drug-likeness (QED) is 0.158. The van der Waals surface area contributed by atoms with E-state index in [2.05, 4.69) is 115 Å². The molecule has 262 valence electrons. The Labute approximate surface area is 300 Å². The number of hydrogen-bond acceptors (Lipinski definition) is 2. The molecule has 2 N–H and O–H groups in total. The second-order valence-electron chi connectivity index (χ2n) is 13.8. The number of rotatable bonds is 12. The molecule has 4 nitrogen and oxygen atoms in total. The van der Waals surface area contributed by atoms with Gasteiger partial charge < -0.3 is 9.97 Å². The van der Waals surface area contributed by atoms with E-state index in [1.165, 1.54) is 94.7 Å². The number of unbranched alkanes of at least 4 members (excludes halogenated alkanes) is 1. The fourth-order valence-corrected chi connectivity index (χ4v) is 8.84. The molecular formula is C46H58N4. The van der Waals surface area contributed by atoms with Gasteiger partial charge in [-0.2, -0.15) is 0 Å². The van der Waals surface area contributed by atoms with Crippen molar-refractivity contribution in [3.63, 3.8) is 0 Å². The van der Waals surface area contributed by atoms with E-state index >= 15 is 0 Å². The van der Waals surface area contributed by atoms with Crippen LogP contribution in [0.15, 0.2) is 42.5 Å². The topological polar surface area (TPSA) is 57.4 Å². The van der Waals surface area contributed by atoms with Crippen molar-refractivity contribution < 1.29 is 0 Å². The number of H-pyrrole nitrogens is 2. The molecule has 8 bridgehead atoms. The molecule has 1 aromatic carbocycles. The molecule has 0 aliphatic carbocycles. The Hall–Kier alpha value is -4.18. The number of aryl methyl sites for hydroxylation is 4. The van der Waals surface area contributed by atoms with E-state index in [4.69, 9.17) is 9.97 Å². The lowest BCUT2D eigenvalue weighted by Crippen LogP contribution is -1.99. The van der Waals surface area contributed by atoms with Crippen LogP contribution in [0, 0.1) is 0 Å². The molecule has 0 unspecified atom stereocenters. The molecule has 3 aromatic heterocycles. The normalized spacial score (nSPS) is 13.2. The van der Waals surface area contributed by atoms with E-state index in [1.54, 1.807) is 0 Å². The van der Waals surface area contributed by atoms with Crippen LogP contribution in [-0.2, 0) is 32.1 Å². The summed E-state index contributed by atoms with van der Waals surface area (Å²) in [5, 5.41) is 0. The zero-order valence-electron chi connectivity index (χ0n) is 32.2. The van der Waals surface area contributed by atoms with Crippen LogP contribution >= 0.6 is 0 Å². The van der Waals surface area contributed by atoms with Gasteiger partial charge in [-0.05, 0) is 126 Å². The fourth-order valence-electron chi connectivity index (χ4n) is 8.84. The van der Waals surface area contributed by atoms with Gasteiger partial charge >= 0.3 is 0 Å². The number of benzene rings is 1. The van der Waals surface area contributed by atoms with Gasteiger partial charge in [0.2, 0.25) is 0 Å². The Morgan fingerprint density at radius 2 is 1.00 bits per heavy atom. The molecule has 5 heterocycles. The molecule has 0 spiro atoms. The number of allylic oxidation sites excluding steroid dienone is 4. The molecule has 0 saturated heterocycles. The molecule has 0 radical (unpaired) electrons. The Kier molecular flexibility index (Phi) is 11.0. The van der Waals surface area contributed by atoms with Crippen LogP contribution in [0.25, 0.3) is 55.5 Å². The monoisotopic (exact) mass is 666 g/mol. The minimum absolute atomic E-state index is 0.934. The van der Waals surface area contributed by atoms with Crippen molar-refractivity contribution >= 4 is 44.4 Å². The van der Waals surface area contributed by atoms with E-state index in [9.17, 15) is 0 Å². The summed E-state index contributed by atoms with van der Waals surface area (Å²) in [5.41, 5.74) is 24.4. The van der Waals surface area contributed by atoms with Crippen molar-refractivity contribution in [1.29, 1.82) is 0 Å². The summed E-state index contributed by atoms with van der Waals surface area (Å²) in [6.07, 6.45) is 10.9. The van der Waals surface area contributed by atoms with Crippen molar-refractivity contribution in [3.8, 4) is 11.1 Å². The van der Waals surface area contributed by atoms with E-state index in [1.807, 2.05) is 0 Å². The molecule has 4 heteroatoms. The SMILES string of the molecule is CCCCc1c2nc(cc3[nH]c(cc4[nH]c(c(CC)c4CC)c(-c4ccccc4)c4nc1C(CC)=C4CC)c(CC)c3CC)C(CC)=C2CC. The predicted molar refractivity (Wildman–Crippen MR) is 217 cm³/mol. The molecular weight excluding hydrogens is 609 g/mol. The van der Waals surface area contributed by atoms with Crippen LogP contribution in [0.1, 0.15) is 151 Å². The first kappa shape index (κ1) is 35.6. The molecule has 0 fully saturated rings. The summed E-state index contributed by atoms with van der Waals surface area (Å²) in [5.74, 6) is 0. The second kappa shape index (κ2) is 15.4. The molecule has 0 atom stereocenters. The van der Waals surface area contributed by atoms with Crippen molar-refractivity contribution in [2.45, 2.75) is 133 Å². The average molecular weight is 667 g/mol. The highest BCUT2D eigenvalue weighted by Crippen LogP contribution is 2.45. The summed E-state index contributed by atoms with van der Waals surface area (Å²) >= 11 is 0. The van der Waals surface area contributed by atoms with Crippen LogP contribution in [0.3, 0.4) is 0 Å². The largest absolute Gasteiger partial charge is 0.355 e. The van der Waals surface area contributed by atoms with Gasteiger partial charge in [0.05, 0.1) is 28.3 Å². The summed E-state index contributed by atoms with van der Waals surface area (Å²) in [4.78, 5) is 19.4.